The molecular formula is C10H10N4O2. The first kappa shape index (κ1) is 10.2. The lowest BCUT2D eigenvalue weighted by Crippen LogP contribution is -2.08. The Morgan fingerprint density at radius 3 is 2.75 bits per heavy atom. The van der Waals surface area contributed by atoms with Gasteiger partial charge >= 0.3 is 5.97 Å². The third-order valence-corrected chi connectivity index (χ3v) is 2.06. The van der Waals surface area contributed by atoms with Crippen LogP contribution >= 0.6 is 0 Å². The number of carboxylic acid groups (broad SMARTS) is 1. The van der Waals surface area contributed by atoms with Gasteiger partial charge in [0.25, 0.3) is 0 Å². The first-order valence-corrected chi connectivity index (χ1v) is 4.60. The second-order valence-electron chi connectivity index (χ2n) is 3.32. The van der Waals surface area contributed by atoms with Crippen molar-refractivity contribution in [3.8, 4) is 5.82 Å². The molecule has 0 aliphatic carbocycles. The van der Waals surface area contributed by atoms with E-state index in [1.807, 2.05) is 6.92 Å². The molecule has 6 heteroatoms. The summed E-state index contributed by atoms with van der Waals surface area (Å²) in [6.45, 7) is 1.83. The van der Waals surface area contributed by atoms with Gasteiger partial charge in [-0.15, -0.1) is 0 Å². The summed E-state index contributed by atoms with van der Waals surface area (Å²) in [5, 5.41) is 12.9. The van der Waals surface area contributed by atoms with Crippen molar-refractivity contribution in [1.82, 2.24) is 14.8 Å². The minimum atomic E-state index is -1.09. The van der Waals surface area contributed by atoms with E-state index < -0.39 is 5.97 Å². The fourth-order valence-electron chi connectivity index (χ4n) is 1.29. The summed E-state index contributed by atoms with van der Waals surface area (Å²) in [4.78, 5) is 14.7. The Kier molecular flexibility index (Phi) is 2.32. The molecular weight excluding hydrogens is 208 g/mol. The van der Waals surface area contributed by atoms with Crippen molar-refractivity contribution in [2.24, 2.45) is 0 Å². The van der Waals surface area contributed by atoms with Gasteiger partial charge in [-0.3, -0.25) is 0 Å². The number of carbonyl (C=O) groups is 1. The first-order chi connectivity index (χ1) is 7.58. The number of nitrogens with zero attached hydrogens (tertiary/aromatic N) is 3. The van der Waals surface area contributed by atoms with E-state index in [4.69, 9.17) is 10.8 Å². The SMILES string of the molecule is Cc1ccn(-c2nc(C(=O)O)ccc2N)n1. The van der Waals surface area contributed by atoms with Crippen molar-refractivity contribution in [2.75, 3.05) is 5.73 Å². The number of aryl methyl sites for hydroxylation is 1. The number of hydrogen-bond acceptors (Lipinski definition) is 4. The molecule has 3 N–H and O–H groups in total. The standard InChI is InChI=1S/C10H10N4O2/c1-6-4-5-14(13-6)9-7(11)2-3-8(12-9)10(15)16/h2-5H,11H2,1H3,(H,15,16). The maximum atomic E-state index is 10.8. The molecule has 82 valence electrons. The van der Waals surface area contributed by atoms with Crippen molar-refractivity contribution in [1.29, 1.82) is 0 Å². The third-order valence-electron chi connectivity index (χ3n) is 2.06. The summed E-state index contributed by atoms with van der Waals surface area (Å²) in [5.41, 5.74) is 6.85. The quantitative estimate of drug-likeness (QED) is 0.779. The summed E-state index contributed by atoms with van der Waals surface area (Å²) in [7, 11) is 0. The molecule has 0 unspecified atom stereocenters. The van der Waals surface area contributed by atoms with Crippen LogP contribution in [-0.4, -0.2) is 25.8 Å². The molecule has 0 bridgehead atoms. The van der Waals surface area contributed by atoms with Crippen LogP contribution in [-0.2, 0) is 0 Å². The molecule has 0 atom stereocenters. The van der Waals surface area contributed by atoms with Gasteiger partial charge in [0.15, 0.2) is 11.5 Å². The third kappa shape index (κ3) is 1.72. The highest BCUT2D eigenvalue weighted by molar-refractivity contribution is 5.86. The molecule has 0 aliphatic rings. The van der Waals surface area contributed by atoms with Gasteiger partial charge in [0.2, 0.25) is 0 Å². The van der Waals surface area contributed by atoms with Crippen molar-refractivity contribution in [3.63, 3.8) is 0 Å². The number of aromatic carboxylic acids is 1. The lowest BCUT2D eigenvalue weighted by atomic mass is 10.3. The Morgan fingerprint density at radius 2 is 2.19 bits per heavy atom. The second-order valence-corrected chi connectivity index (χ2v) is 3.32. The molecule has 0 saturated heterocycles. The van der Waals surface area contributed by atoms with Gasteiger partial charge in [0, 0.05) is 6.20 Å². The van der Waals surface area contributed by atoms with Crippen molar-refractivity contribution < 1.29 is 9.90 Å². The lowest BCUT2D eigenvalue weighted by molar-refractivity contribution is 0.0690. The molecule has 0 saturated carbocycles. The highest BCUT2D eigenvalue weighted by Gasteiger charge is 2.10. The summed E-state index contributed by atoms with van der Waals surface area (Å²) in [6.07, 6.45) is 1.68. The summed E-state index contributed by atoms with van der Waals surface area (Å²) < 4.78 is 1.46. The van der Waals surface area contributed by atoms with Crippen LogP contribution in [0.4, 0.5) is 5.69 Å². The molecule has 16 heavy (non-hydrogen) atoms. The Balaban J connectivity index is 2.55. The maximum Gasteiger partial charge on any atom is 0.354 e. The predicted molar refractivity (Wildman–Crippen MR) is 57.5 cm³/mol. The number of pyridine rings is 1. The Hall–Kier alpha value is -2.37. The molecule has 2 aromatic rings. The largest absolute Gasteiger partial charge is 0.477 e. The Morgan fingerprint density at radius 1 is 1.44 bits per heavy atom. The van der Waals surface area contributed by atoms with Gasteiger partial charge in [-0.2, -0.15) is 5.10 Å². The minimum Gasteiger partial charge on any atom is -0.477 e. The van der Waals surface area contributed by atoms with Gasteiger partial charge in [0.05, 0.1) is 11.4 Å². The predicted octanol–water partition coefficient (Wildman–Crippen LogP) is 0.856. The Bertz CT molecular complexity index is 548. The molecule has 0 aliphatic heterocycles. The normalized spacial score (nSPS) is 10.3. The number of carboxylic acids is 1. The molecule has 0 spiro atoms. The molecule has 0 fully saturated rings. The molecule has 0 aromatic carbocycles. The number of nitrogens with two attached hydrogens (primary N) is 1. The highest BCUT2D eigenvalue weighted by atomic mass is 16.4. The van der Waals surface area contributed by atoms with Crippen molar-refractivity contribution in [3.05, 3.63) is 35.8 Å². The highest BCUT2D eigenvalue weighted by Crippen LogP contribution is 2.14. The first-order valence-electron chi connectivity index (χ1n) is 4.60. The van der Waals surface area contributed by atoms with Crippen molar-refractivity contribution >= 4 is 11.7 Å². The zero-order valence-corrected chi connectivity index (χ0v) is 8.58. The van der Waals surface area contributed by atoms with Crippen LogP contribution in [0.3, 0.4) is 0 Å². The topological polar surface area (TPSA) is 94.0 Å². The number of anilines is 1. The average Bonchev–Trinajstić information content (AvgIpc) is 2.65. The molecule has 6 nitrogen and oxygen atoms in total. The van der Waals surface area contributed by atoms with Gasteiger partial charge in [0.1, 0.15) is 0 Å². The summed E-state index contributed by atoms with van der Waals surface area (Å²) >= 11 is 0. The molecule has 2 rings (SSSR count). The zero-order valence-electron chi connectivity index (χ0n) is 8.58. The van der Waals surface area contributed by atoms with Gasteiger partial charge in [-0.05, 0) is 25.1 Å². The van der Waals surface area contributed by atoms with Gasteiger partial charge < -0.3 is 10.8 Å². The van der Waals surface area contributed by atoms with E-state index >= 15 is 0 Å². The number of aromatic nitrogens is 3. The molecule has 2 heterocycles. The zero-order chi connectivity index (χ0) is 11.7. The van der Waals surface area contributed by atoms with E-state index in [0.29, 0.717) is 11.5 Å². The van der Waals surface area contributed by atoms with Crippen LogP contribution in [0.2, 0.25) is 0 Å². The van der Waals surface area contributed by atoms with Crippen LogP contribution in [0, 0.1) is 6.92 Å². The maximum absolute atomic E-state index is 10.8. The van der Waals surface area contributed by atoms with Crippen LogP contribution < -0.4 is 5.73 Å². The summed E-state index contributed by atoms with van der Waals surface area (Å²) in [6, 6.07) is 4.65. The summed E-state index contributed by atoms with van der Waals surface area (Å²) in [5.74, 6) is -0.766. The average molecular weight is 218 g/mol. The number of rotatable bonds is 2. The van der Waals surface area contributed by atoms with Crippen LogP contribution in [0.1, 0.15) is 16.2 Å². The van der Waals surface area contributed by atoms with E-state index in [9.17, 15) is 4.79 Å². The molecule has 2 aromatic heterocycles. The fraction of sp³-hybridized carbons (Fsp3) is 0.100. The lowest BCUT2D eigenvalue weighted by Gasteiger charge is -2.05. The fourth-order valence-corrected chi connectivity index (χ4v) is 1.29. The van der Waals surface area contributed by atoms with E-state index in [0.717, 1.165) is 5.69 Å². The molecule has 0 radical (unpaired) electrons. The monoisotopic (exact) mass is 218 g/mol. The van der Waals surface area contributed by atoms with E-state index in [1.54, 1.807) is 12.3 Å². The minimum absolute atomic E-state index is 0.0580. The van der Waals surface area contributed by atoms with Crippen LogP contribution in [0.5, 0.6) is 0 Å². The second kappa shape index (κ2) is 3.65. The van der Waals surface area contributed by atoms with E-state index in [-0.39, 0.29) is 5.69 Å². The van der Waals surface area contributed by atoms with Gasteiger partial charge in [-0.1, -0.05) is 0 Å². The van der Waals surface area contributed by atoms with Crippen molar-refractivity contribution in [2.45, 2.75) is 6.92 Å². The number of nitrogen functional groups attached to an aromatic ring is 1. The van der Waals surface area contributed by atoms with Crippen LogP contribution in [0.25, 0.3) is 5.82 Å². The van der Waals surface area contributed by atoms with Gasteiger partial charge in [-0.25, -0.2) is 14.5 Å². The number of hydrogen-bond donors (Lipinski definition) is 2. The smallest absolute Gasteiger partial charge is 0.354 e. The van der Waals surface area contributed by atoms with Crippen LogP contribution in [0.15, 0.2) is 24.4 Å². The van der Waals surface area contributed by atoms with E-state index in [2.05, 4.69) is 10.1 Å². The Labute approximate surface area is 91.3 Å². The van der Waals surface area contributed by atoms with E-state index in [1.165, 1.54) is 16.8 Å². The molecule has 0 amide bonds.